The Hall–Kier alpha value is -1.07. The van der Waals surface area contributed by atoms with Crippen molar-refractivity contribution < 1.29 is 9.21 Å². The average Bonchev–Trinajstić information content (AvgIpc) is 2.88. The van der Waals surface area contributed by atoms with Gasteiger partial charge in [0.1, 0.15) is 0 Å². The lowest BCUT2D eigenvalue weighted by Gasteiger charge is -2.02. The minimum atomic E-state index is -0.114. The fourth-order valence-corrected chi connectivity index (χ4v) is 2.43. The van der Waals surface area contributed by atoms with Crippen molar-refractivity contribution in [3.05, 3.63) is 45.0 Å². The summed E-state index contributed by atoms with van der Waals surface area (Å²) in [6.45, 7) is 0.636. The van der Waals surface area contributed by atoms with E-state index < -0.39 is 0 Å². The molecule has 16 heavy (non-hydrogen) atoms. The Morgan fingerprint density at radius 1 is 1.50 bits per heavy atom. The predicted octanol–water partition coefficient (Wildman–Crippen LogP) is 3.08. The number of furan rings is 1. The second-order valence-electron chi connectivity index (χ2n) is 3.19. The van der Waals surface area contributed by atoms with E-state index in [0.29, 0.717) is 16.8 Å². The van der Waals surface area contributed by atoms with Gasteiger partial charge in [0.15, 0.2) is 4.67 Å². The molecule has 0 atom stereocenters. The Kier molecular flexibility index (Phi) is 3.79. The van der Waals surface area contributed by atoms with E-state index in [0.717, 1.165) is 6.42 Å². The van der Waals surface area contributed by atoms with E-state index in [1.807, 2.05) is 11.4 Å². The Morgan fingerprint density at radius 3 is 3.00 bits per heavy atom. The highest BCUT2D eigenvalue weighted by Crippen LogP contribution is 2.17. The van der Waals surface area contributed by atoms with Crippen LogP contribution in [0.3, 0.4) is 0 Å². The number of thiophene rings is 1. The normalized spacial score (nSPS) is 10.3. The van der Waals surface area contributed by atoms with Gasteiger partial charge in [0, 0.05) is 11.4 Å². The topological polar surface area (TPSA) is 42.2 Å². The van der Waals surface area contributed by atoms with E-state index in [9.17, 15) is 4.79 Å². The Balaban J connectivity index is 1.83. The van der Waals surface area contributed by atoms with Crippen LogP contribution >= 0.6 is 27.3 Å². The highest BCUT2D eigenvalue weighted by Gasteiger charge is 2.11. The molecule has 0 saturated heterocycles. The Bertz CT molecular complexity index is 464. The molecular weight excluding hydrogens is 290 g/mol. The zero-order valence-electron chi connectivity index (χ0n) is 8.40. The quantitative estimate of drug-likeness (QED) is 0.943. The van der Waals surface area contributed by atoms with Gasteiger partial charge in [0.25, 0.3) is 5.91 Å². The molecule has 5 heteroatoms. The van der Waals surface area contributed by atoms with E-state index in [4.69, 9.17) is 4.42 Å². The SMILES string of the molecule is O=C(NCCc1cccs1)c1ccoc1Br. The number of halogens is 1. The van der Waals surface area contributed by atoms with Crippen molar-refractivity contribution in [1.29, 1.82) is 0 Å². The molecule has 2 aromatic heterocycles. The Labute approximate surface area is 106 Å². The second-order valence-corrected chi connectivity index (χ2v) is 4.95. The van der Waals surface area contributed by atoms with Crippen LogP contribution in [-0.2, 0) is 6.42 Å². The van der Waals surface area contributed by atoms with Crippen molar-refractivity contribution in [2.75, 3.05) is 6.54 Å². The second kappa shape index (κ2) is 5.32. The summed E-state index contributed by atoms with van der Waals surface area (Å²) >= 11 is 4.87. The third-order valence-electron chi connectivity index (χ3n) is 2.10. The van der Waals surface area contributed by atoms with Gasteiger partial charge in [0.05, 0.1) is 11.8 Å². The van der Waals surface area contributed by atoms with Gasteiger partial charge in [-0.3, -0.25) is 4.79 Å². The zero-order chi connectivity index (χ0) is 11.4. The van der Waals surface area contributed by atoms with Crippen molar-refractivity contribution in [1.82, 2.24) is 5.32 Å². The molecule has 1 amide bonds. The highest BCUT2D eigenvalue weighted by molar-refractivity contribution is 9.10. The fourth-order valence-electron chi connectivity index (χ4n) is 1.31. The van der Waals surface area contributed by atoms with Crippen LogP contribution in [0.4, 0.5) is 0 Å². The van der Waals surface area contributed by atoms with Crippen LogP contribution in [0.25, 0.3) is 0 Å². The smallest absolute Gasteiger partial charge is 0.255 e. The first kappa shape index (κ1) is 11.4. The lowest BCUT2D eigenvalue weighted by molar-refractivity contribution is 0.0952. The third kappa shape index (κ3) is 2.74. The maximum atomic E-state index is 11.7. The van der Waals surface area contributed by atoms with Gasteiger partial charge in [-0.1, -0.05) is 6.07 Å². The molecule has 84 valence electrons. The summed E-state index contributed by atoms with van der Waals surface area (Å²) in [5.74, 6) is -0.114. The number of hydrogen-bond donors (Lipinski definition) is 1. The van der Waals surface area contributed by atoms with Gasteiger partial charge in [0.2, 0.25) is 0 Å². The average molecular weight is 300 g/mol. The van der Waals surface area contributed by atoms with Crippen LogP contribution in [-0.4, -0.2) is 12.5 Å². The van der Waals surface area contributed by atoms with Gasteiger partial charge in [-0.2, -0.15) is 0 Å². The molecule has 2 heterocycles. The minimum absolute atomic E-state index is 0.114. The van der Waals surface area contributed by atoms with Crippen molar-refractivity contribution in [2.45, 2.75) is 6.42 Å². The van der Waals surface area contributed by atoms with Crippen LogP contribution < -0.4 is 5.32 Å². The number of amides is 1. The number of nitrogens with one attached hydrogen (secondary N) is 1. The first-order chi connectivity index (χ1) is 7.77. The molecular formula is C11H10BrNO2S. The summed E-state index contributed by atoms with van der Waals surface area (Å²) in [4.78, 5) is 12.9. The first-order valence-corrected chi connectivity index (χ1v) is 6.48. The molecule has 0 aromatic carbocycles. The Morgan fingerprint density at radius 2 is 2.38 bits per heavy atom. The number of carbonyl (C=O) groups is 1. The van der Waals surface area contributed by atoms with E-state index in [-0.39, 0.29) is 5.91 Å². The molecule has 2 aromatic rings. The predicted molar refractivity (Wildman–Crippen MR) is 66.8 cm³/mol. The van der Waals surface area contributed by atoms with Gasteiger partial charge in [-0.05, 0) is 39.9 Å². The summed E-state index contributed by atoms with van der Waals surface area (Å²) in [5, 5.41) is 4.87. The largest absolute Gasteiger partial charge is 0.457 e. The molecule has 0 aliphatic heterocycles. The van der Waals surface area contributed by atoms with Crippen LogP contribution in [0.15, 0.2) is 38.9 Å². The van der Waals surface area contributed by atoms with Crippen LogP contribution in [0.5, 0.6) is 0 Å². The van der Waals surface area contributed by atoms with Crippen molar-refractivity contribution >= 4 is 33.2 Å². The number of carbonyl (C=O) groups excluding carboxylic acids is 1. The lowest BCUT2D eigenvalue weighted by Crippen LogP contribution is -2.25. The molecule has 0 aliphatic carbocycles. The minimum Gasteiger partial charge on any atom is -0.457 e. The van der Waals surface area contributed by atoms with Gasteiger partial charge in [-0.15, -0.1) is 11.3 Å². The molecule has 0 bridgehead atoms. The van der Waals surface area contributed by atoms with Crippen LogP contribution in [0, 0.1) is 0 Å². The van der Waals surface area contributed by atoms with E-state index in [1.54, 1.807) is 17.4 Å². The summed E-state index contributed by atoms with van der Waals surface area (Å²) in [7, 11) is 0. The number of rotatable bonds is 4. The summed E-state index contributed by atoms with van der Waals surface area (Å²) in [5.41, 5.74) is 0.533. The highest BCUT2D eigenvalue weighted by atomic mass is 79.9. The summed E-state index contributed by atoms with van der Waals surface area (Å²) in [6, 6.07) is 5.71. The zero-order valence-corrected chi connectivity index (χ0v) is 10.8. The summed E-state index contributed by atoms with van der Waals surface area (Å²) < 4.78 is 5.47. The maximum Gasteiger partial charge on any atom is 0.255 e. The van der Waals surface area contributed by atoms with Gasteiger partial charge < -0.3 is 9.73 Å². The van der Waals surface area contributed by atoms with Crippen molar-refractivity contribution in [3.63, 3.8) is 0 Å². The van der Waals surface area contributed by atoms with Crippen molar-refractivity contribution in [3.8, 4) is 0 Å². The first-order valence-electron chi connectivity index (χ1n) is 4.81. The molecule has 2 rings (SSSR count). The fraction of sp³-hybridized carbons (Fsp3) is 0.182. The molecule has 0 unspecified atom stereocenters. The molecule has 0 radical (unpaired) electrons. The van der Waals surface area contributed by atoms with Gasteiger partial charge >= 0.3 is 0 Å². The summed E-state index contributed by atoms with van der Waals surface area (Å²) in [6.07, 6.45) is 2.34. The molecule has 0 saturated carbocycles. The van der Waals surface area contributed by atoms with Crippen LogP contribution in [0.2, 0.25) is 0 Å². The lowest BCUT2D eigenvalue weighted by atomic mass is 10.3. The number of hydrogen-bond acceptors (Lipinski definition) is 3. The molecule has 0 spiro atoms. The molecule has 3 nitrogen and oxygen atoms in total. The van der Waals surface area contributed by atoms with E-state index in [1.165, 1.54) is 11.1 Å². The maximum absolute atomic E-state index is 11.7. The van der Waals surface area contributed by atoms with E-state index >= 15 is 0 Å². The van der Waals surface area contributed by atoms with E-state index in [2.05, 4.69) is 27.3 Å². The molecule has 1 N–H and O–H groups in total. The molecule has 0 aliphatic rings. The van der Waals surface area contributed by atoms with Gasteiger partial charge in [-0.25, -0.2) is 0 Å². The van der Waals surface area contributed by atoms with Crippen LogP contribution in [0.1, 0.15) is 15.2 Å². The standard InChI is InChI=1S/C11H10BrNO2S/c12-10-9(4-6-15-10)11(14)13-5-3-8-2-1-7-16-8/h1-2,4,6-7H,3,5H2,(H,13,14). The molecule has 0 fully saturated rings. The monoisotopic (exact) mass is 299 g/mol. The van der Waals surface area contributed by atoms with Crippen molar-refractivity contribution in [2.24, 2.45) is 0 Å². The third-order valence-corrected chi connectivity index (χ3v) is 3.65.